The molecule has 1 saturated carbocycles. The van der Waals surface area contributed by atoms with Crippen molar-refractivity contribution < 1.29 is 24.2 Å². The molecule has 1 aliphatic carbocycles. The van der Waals surface area contributed by atoms with Gasteiger partial charge in [0.2, 0.25) is 5.91 Å². The van der Waals surface area contributed by atoms with Crippen LogP contribution in [0.5, 0.6) is 0 Å². The number of carbonyl (C=O) groups excluding carboxylic acids is 2. The number of hydrogen-bond acceptors (Lipinski definition) is 4. The Hall–Kier alpha value is -1.59. The molecule has 0 spiro atoms. The van der Waals surface area contributed by atoms with Crippen LogP contribution in [-0.4, -0.2) is 36.1 Å². The average Bonchev–Trinajstić information content (AvgIpc) is 3.16. The van der Waals surface area contributed by atoms with Gasteiger partial charge in [-0.3, -0.25) is 9.59 Å². The maximum Gasteiger partial charge on any atom is 0.326 e. The lowest BCUT2D eigenvalue weighted by molar-refractivity contribution is -0.144. The first-order valence-electron chi connectivity index (χ1n) is 6.05. The second kappa shape index (κ2) is 6.37. The SMILES string of the molecule is COC(=O)CC[C@H](NC(=O)C(C)C1CC1)C(=O)O. The van der Waals surface area contributed by atoms with Crippen molar-refractivity contribution in [2.75, 3.05) is 7.11 Å². The average molecular weight is 257 g/mol. The van der Waals surface area contributed by atoms with Gasteiger partial charge in [0.25, 0.3) is 0 Å². The summed E-state index contributed by atoms with van der Waals surface area (Å²) in [5.74, 6) is -1.65. The molecule has 2 N–H and O–H groups in total. The van der Waals surface area contributed by atoms with Crippen LogP contribution in [0.15, 0.2) is 0 Å². The van der Waals surface area contributed by atoms with E-state index in [1.54, 1.807) is 6.92 Å². The van der Waals surface area contributed by atoms with Crippen LogP contribution in [0.1, 0.15) is 32.6 Å². The van der Waals surface area contributed by atoms with E-state index in [1.807, 2.05) is 0 Å². The van der Waals surface area contributed by atoms with Crippen LogP contribution in [0.3, 0.4) is 0 Å². The van der Waals surface area contributed by atoms with E-state index in [2.05, 4.69) is 10.1 Å². The zero-order valence-electron chi connectivity index (χ0n) is 10.6. The maximum atomic E-state index is 11.8. The molecule has 1 unspecified atom stereocenters. The van der Waals surface area contributed by atoms with E-state index < -0.39 is 18.0 Å². The number of rotatable bonds is 7. The molecular formula is C12H19NO5. The Labute approximate surface area is 106 Å². The molecule has 6 heteroatoms. The van der Waals surface area contributed by atoms with Gasteiger partial charge >= 0.3 is 11.9 Å². The summed E-state index contributed by atoms with van der Waals surface area (Å²) in [6.07, 6.45) is 2.07. The third kappa shape index (κ3) is 4.35. The Morgan fingerprint density at radius 3 is 2.44 bits per heavy atom. The number of methoxy groups -OCH3 is 1. The summed E-state index contributed by atoms with van der Waals surface area (Å²) in [5, 5.41) is 11.4. The molecule has 0 aliphatic heterocycles. The lowest BCUT2D eigenvalue weighted by Gasteiger charge is -2.17. The van der Waals surface area contributed by atoms with Crippen LogP contribution in [0.25, 0.3) is 0 Å². The highest BCUT2D eigenvalue weighted by Crippen LogP contribution is 2.36. The van der Waals surface area contributed by atoms with E-state index in [4.69, 9.17) is 5.11 Å². The maximum absolute atomic E-state index is 11.8. The summed E-state index contributed by atoms with van der Waals surface area (Å²) in [7, 11) is 1.24. The number of carboxylic acids is 1. The van der Waals surface area contributed by atoms with E-state index in [-0.39, 0.29) is 24.7 Å². The molecule has 1 fully saturated rings. The third-order valence-electron chi connectivity index (χ3n) is 3.22. The number of amides is 1. The molecule has 1 rings (SSSR count). The minimum Gasteiger partial charge on any atom is -0.480 e. The molecule has 2 atom stereocenters. The van der Waals surface area contributed by atoms with Gasteiger partial charge in [0.05, 0.1) is 7.11 Å². The van der Waals surface area contributed by atoms with Gasteiger partial charge in [-0.1, -0.05) is 6.92 Å². The second-order valence-electron chi connectivity index (χ2n) is 4.64. The van der Waals surface area contributed by atoms with Gasteiger partial charge in [0, 0.05) is 12.3 Å². The van der Waals surface area contributed by atoms with Crippen LogP contribution < -0.4 is 5.32 Å². The van der Waals surface area contributed by atoms with Crippen LogP contribution >= 0.6 is 0 Å². The van der Waals surface area contributed by atoms with Crippen molar-refractivity contribution in [1.29, 1.82) is 0 Å². The smallest absolute Gasteiger partial charge is 0.326 e. The first-order valence-corrected chi connectivity index (χ1v) is 6.05. The molecule has 1 amide bonds. The molecule has 6 nitrogen and oxygen atoms in total. The van der Waals surface area contributed by atoms with E-state index in [0.717, 1.165) is 12.8 Å². The molecule has 0 heterocycles. The Morgan fingerprint density at radius 1 is 1.39 bits per heavy atom. The highest BCUT2D eigenvalue weighted by Gasteiger charge is 2.34. The predicted molar refractivity (Wildman–Crippen MR) is 62.7 cm³/mol. The van der Waals surface area contributed by atoms with Crippen molar-refractivity contribution in [2.24, 2.45) is 11.8 Å². The largest absolute Gasteiger partial charge is 0.480 e. The predicted octanol–water partition coefficient (Wildman–Crippen LogP) is 0.555. The summed E-state index contributed by atoms with van der Waals surface area (Å²) in [4.78, 5) is 33.7. The normalized spacial score (nSPS) is 17.7. The molecule has 18 heavy (non-hydrogen) atoms. The quantitative estimate of drug-likeness (QED) is 0.650. The van der Waals surface area contributed by atoms with Gasteiger partial charge in [0.1, 0.15) is 6.04 Å². The molecule has 0 saturated heterocycles. The summed E-state index contributed by atoms with van der Waals surface area (Å²) < 4.78 is 4.44. The first kappa shape index (κ1) is 14.5. The molecule has 0 bridgehead atoms. The fourth-order valence-electron chi connectivity index (χ4n) is 1.74. The van der Waals surface area contributed by atoms with E-state index in [0.29, 0.717) is 5.92 Å². The Bertz CT molecular complexity index is 337. The number of carboxylic acid groups (broad SMARTS) is 1. The summed E-state index contributed by atoms with van der Waals surface area (Å²) in [6.45, 7) is 1.80. The zero-order valence-corrected chi connectivity index (χ0v) is 10.6. The van der Waals surface area contributed by atoms with Crippen molar-refractivity contribution in [3.63, 3.8) is 0 Å². The Kier molecular flexibility index (Phi) is 5.12. The third-order valence-corrected chi connectivity index (χ3v) is 3.22. The van der Waals surface area contributed by atoms with Gasteiger partial charge in [-0.2, -0.15) is 0 Å². The van der Waals surface area contributed by atoms with Crippen molar-refractivity contribution in [2.45, 2.75) is 38.6 Å². The van der Waals surface area contributed by atoms with Gasteiger partial charge < -0.3 is 15.2 Å². The number of ether oxygens (including phenoxy) is 1. The number of esters is 1. The van der Waals surface area contributed by atoms with Crippen molar-refractivity contribution in [1.82, 2.24) is 5.32 Å². The highest BCUT2D eigenvalue weighted by atomic mass is 16.5. The van der Waals surface area contributed by atoms with Crippen LogP contribution in [0.2, 0.25) is 0 Å². The van der Waals surface area contributed by atoms with Gasteiger partial charge in [0.15, 0.2) is 0 Å². The minimum absolute atomic E-state index is 0.0223. The summed E-state index contributed by atoms with van der Waals surface area (Å²) >= 11 is 0. The van der Waals surface area contributed by atoms with Crippen LogP contribution in [-0.2, 0) is 19.1 Å². The van der Waals surface area contributed by atoms with Gasteiger partial charge in [-0.15, -0.1) is 0 Å². The van der Waals surface area contributed by atoms with Gasteiger partial charge in [-0.05, 0) is 25.2 Å². The minimum atomic E-state index is -1.13. The zero-order chi connectivity index (χ0) is 13.7. The van der Waals surface area contributed by atoms with Crippen molar-refractivity contribution >= 4 is 17.8 Å². The topological polar surface area (TPSA) is 92.7 Å². The molecule has 102 valence electrons. The summed E-state index contributed by atoms with van der Waals surface area (Å²) in [5.41, 5.74) is 0. The Morgan fingerprint density at radius 2 is 2.00 bits per heavy atom. The standard InChI is InChI=1S/C12H19NO5/c1-7(8-3-4-8)11(15)13-9(12(16)17)5-6-10(14)18-2/h7-9H,3-6H2,1-2H3,(H,13,15)(H,16,17)/t7?,9-/m0/s1. The van der Waals surface area contributed by atoms with Crippen molar-refractivity contribution in [3.8, 4) is 0 Å². The van der Waals surface area contributed by atoms with Gasteiger partial charge in [-0.25, -0.2) is 4.79 Å². The molecular weight excluding hydrogens is 238 g/mol. The lowest BCUT2D eigenvalue weighted by Crippen LogP contribution is -2.43. The lowest BCUT2D eigenvalue weighted by atomic mass is 10.0. The van der Waals surface area contributed by atoms with E-state index in [9.17, 15) is 14.4 Å². The fraction of sp³-hybridized carbons (Fsp3) is 0.750. The van der Waals surface area contributed by atoms with E-state index >= 15 is 0 Å². The van der Waals surface area contributed by atoms with Crippen molar-refractivity contribution in [3.05, 3.63) is 0 Å². The molecule has 0 aromatic heterocycles. The number of hydrogen-bond donors (Lipinski definition) is 2. The summed E-state index contributed by atoms with van der Waals surface area (Å²) in [6, 6.07) is -1.03. The number of carbonyl (C=O) groups is 3. The molecule has 0 aromatic rings. The van der Waals surface area contributed by atoms with Crippen LogP contribution in [0, 0.1) is 11.8 Å². The monoisotopic (exact) mass is 257 g/mol. The number of nitrogens with one attached hydrogen (secondary N) is 1. The molecule has 0 radical (unpaired) electrons. The fourth-order valence-corrected chi connectivity index (χ4v) is 1.74. The number of aliphatic carboxylic acids is 1. The molecule has 0 aromatic carbocycles. The van der Waals surface area contributed by atoms with Crippen LogP contribution in [0.4, 0.5) is 0 Å². The highest BCUT2D eigenvalue weighted by molar-refractivity contribution is 5.85. The molecule has 1 aliphatic rings. The first-order chi connectivity index (χ1) is 8.45. The Balaban J connectivity index is 2.43. The van der Waals surface area contributed by atoms with E-state index in [1.165, 1.54) is 7.11 Å². The second-order valence-corrected chi connectivity index (χ2v) is 4.64.